The second-order valence-electron chi connectivity index (χ2n) is 6.53. The van der Waals surface area contributed by atoms with E-state index in [0.29, 0.717) is 31.4 Å². The number of piperidine rings is 1. The van der Waals surface area contributed by atoms with Crippen LogP contribution in [-0.4, -0.2) is 57.3 Å². The van der Waals surface area contributed by atoms with E-state index in [-0.39, 0.29) is 34.8 Å². The lowest BCUT2D eigenvalue weighted by Gasteiger charge is -2.31. The number of nitrogen functional groups attached to an aromatic ring is 1. The average molecular weight is 384 g/mol. The Kier molecular flexibility index (Phi) is 6.03. The molecule has 0 radical (unpaired) electrons. The summed E-state index contributed by atoms with van der Waals surface area (Å²) in [7, 11) is 0. The fraction of sp³-hybridized carbons (Fsp3) is 0.421. The van der Waals surface area contributed by atoms with Crippen LogP contribution >= 0.6 is 0 Å². The molecule has 3 heterocycles. The highest BCUT2D eigenvalue weighted by Crippen LogP contribution is 2.22. The van der Waals surface area contributed by atoms with Gasteiger partial charge >= 0.3 is 0 Å². The molecule has 0 aromatic carbocycles. The third-order valence-electron chi connectivity index (χ3n) is 4.62. The summed E-state index contributed by atoms with van der Waals surface area (Å²) >= 11 is 0. The molecule has 1 aliphatic rings. The Morgan fingerprint density at radius 2 is 2.07 bits per heavy atom. The van der Waals surface area contributed by atoms with Crippen molar-refractivity contribution in [3.63, 3.8) is 0 Å². The standard InChI is InChI=1S/C19H24N6O3/c1-3-28-15-5-4-8-21-16(15)17(27)14-11-22-19(24-18(14)20)23-13-6-9-25(10-7-13)12(2)26/h4-5,8,11,13H,3,6-7,9-10H2,1-2H3,(H3,20,22,23,24). The summed E-state index contributed by atoms with van der Waals surface area (Å²) in [6, 6.07) is 3.53. The number of carbonyl (C=O) groups excluding carboxylic acids is 2. The first-order valence-corrected chi connectivity index (χ1v) is 9.26. The van der Waals surface area contributed by atoms with Crippen LogP contribution in [0.5, 0.6) is 5.75 Å². The average Bonchev–Trinajstić information content (AvgIpc) is 2.69. The molecule has 3 rings (SSSR count). The summed E-state index contributed by atoms with van der Waals surface area (Å²) in [4.78, 5) is 38.6. The number of aromatic nitrogens is 3. The number of ether oxygens (including phenoxy) is 1. The van der Waals surface area contributed by atoms with Gasteiger partial charge in [0, 0.05) is 38.4 Å². The summed E-state index contributed by atoms with van der Waals surface area (Å²) in [6.07, 6.45) is 4.53. The highest BCUT2D eigenvalue weighted by atomic mass is 16.5. The van der Waals surface area contributed by atoms with E-state index in [4.69, 9.17) is 10.5 Å². The number of nitrogens with zero attached hydrogens (tertiary/aromatic N) is 4. The number of rotatable bonds is 6. The molecule has 9 nitrogen and oxygen atoms in total. The van der Waals surface area contributed by atoms with E-state index in [1.807, 2.05) is 11.8 Å². The molecular weight excluding hydrogens is 360 g/mol. The number of ketones is 1. The van der Waals surface area contributed by atoms with E-state index in [1.165, 1.54) is 12.4 Å². The fourth-order valence-corrected chi connectivity index (χ4v) is 3.12. The molecule has 0 atom stereocenters. The van der Waals surface area contributed by atoms with Crippen molar-refractivity contribution in [1.29, 1.82) is 0 Å². The molecule has 2 aromatic rings. The fourth-order valence-electron chi connectivity index (χ4n) is 3.12. The van der Waals surface area contributed by atoms with Crippen molar-refractivity contribution in [3.05, 3.63) is 35.8 Å². The molecule has 9 heteroatoms. The Morgan fingerprint density at radius 3 is 2.71 bits per heavy atom. The quantitative estimate of drug-likeness (QED) is 0.718. The van der Waals surface area contributed by atoms with Gasteiger partial charge in [-0.2, -0.15) is 4.98 Å². The topological polar surface area (TPSA) is 123 Å². The summed E-state index contributed by atoms with van der Waals surface area (Å²) < 4.78 is 5.46. The first-order valence-electron chi connectivity index (χ1n) is 9.26. The van der Waals surface area contributed by atoms with E-state index in [1.54, 1.807) is 19.1 Å². The van der Waals surface area contributed by atoms with Crippen LogP contribution in [0.4, 0.5) is 11.8 Å². The monoisotopic (exact) mass is 384 g/mol. The Hall–Kier alpha value is -3.23. The molecule has 148 valence electrons. The zero-order valence-electron chi connectivity index (χ0n) is 16.0. The highest BCUT2D eigenvalue weighted by molar-refractivity contribution is 6.11. The molecule has 2 aromatic heterocycles. The molecule has 0 unspecified atom stereocenters. The number of anilines is 2. The SMILES string of the molecule is CCOc1cccnc1C(=O)c1cnc(NC2CCN(C(C)=O)CC2)nc1N. The van der Waals surface area contributed by atoms with Gasteiger partial charge in [0.15, 0.2) is 5.69 Å². The number of nitrogens with two attached hydrogens (primary N) is 1. The van der Waals surface area contributed by atoms with Gasteiger partial charge in [-0.1, -0.05) is 0 Å². The number of carbonyl (C=O) groups is 2. The van der Waals surface area contributed by atoms with Gasteiger partial charge < -0.3 is 20.7 Å². The number of hydrogen-bond donors (Lipinski definition) is 2. The maximum absolute atomic E-state index is 12.8. The molecule has 1 amide bonds. The van der Waals surface area contributed by atoms with Gasteiger partial charge in [-0.3, -0.25) is 9.59 Å². The van der Waals surface area contributed by atoms with Crippen LogP contribution in [0.1, 0.15) is 42.7 Å². The normalized spacial score (nSPS) is 14.6. The van der Waals surface area contributed by atoms with E-state index in [2.05, 4.69) is 20.3 Å². The van der Waals surface area contributed by atoms with Crippen LogP contribution in [0.3, 0.4) is 0 Å². The first-order chi connectivity index (χ1) is 13.5. The second-order valence-corrected chi connectivity index (χ2v) is 6.53. The van der Waals surface area contributed by atoms with Gasteiger partial charge in [0.2, 0.25) is 17.6 Å². The van der Waals surface area contributed by atoms with Crippen molar-refractivity contribution in [1.82, 2.24) is 19.9 Å². The zero-order valence-corrected chi connectivity index (χ0v) is 16.0. The van der Waals surface area contributed by atoms with Crippen LogP contribution in [0.2, 0.25) is 0 Å². The predicted octanol–water partition coefficient (Wildman–Crippen LogP) is 1.51. The third kappa shape index (κ3) is 4.36. The largest absolute Gasteiger partial charge is 0.491 e. The number of amides is 1. The lowest BCUT2D eigenvalue weighted by atomic mass is 10.1. The highest BCUT2D eigenvalue weighted by Gasteiger charge is 2.23. The van der Waals surface area contributed by atoms with Crippen LogP contribution in [0, 0.1) is 0 Å². The Morgan fingerprint density at radius 1 is 1.32 bits per heavy atom. The minimum absolute atomic E-state index is 0.0803. The third-order valence-corrected chi connectivity index (χ3v) is 4.62. The van der Waals surface area contributed by atoms with Crippen molar-refractivity contribution in [2.24, 2.45) is 0 Å². The molecule has 1 saturated heterocycles. The molecule has 28 heavy (non-hydrogen) atoms. The van der Waals surface area contributed by atoms with Crippen molar-refractivity contribution >= 4 is 23.5 Å². The molecule has 1 aliphatic heterocycles. The summed E-state index contributed by atoms with van der Waals surface area (Å²) in [5.41, 5.74) is 6.37. The summed E-state index contributed by atoms with van der Waals surface area (Å²) in [5, 5.41) is 3.23. The van der Waals surface area contributed by atoms with Crippen molar-refractivity contribution < 1.29 is 14.3 Å². The summed E-state index contributed by atoms with van der Waals surface area (Å²) in [6.45, 7) is 5.22. The zero-order chi connectivity index (χ0) is 20.1. The number of likely N-dealkylation sites (tertiary alicyclic amines) is 1. The van der Waals surface area contributed by atoms with Crippen LogP contribution in [0.15, 0.2) is 24.5 Å². The van der Waals surface area contributed by atoms with Gasteiger partial charge in [-0.05, 0) is 31.9 Å². The van der Waals surface area contributed by atoms with E-state index in [0.717, 1.165) is 12.8 Å². The molecule has 3 N–H and O–H groups in total. The van der Waals surface area contributed by atoms with E-state index < -0.39 is 0 Å². The van der Waals surface area contributed by atoms with Crippen LogP contribution in [0.25, 0.3) is 0 Å². The smallest absolute Gasteiger partial charge is 0.224 e. The van der Waals surface area contributed by atoms with Crippen LogP contribution in [-0.2, 0) is 4.79 Å². The van der Waals surface area contributed by atoms with Crippen molar-refractivity contribution in [2.75, 3.05) is 30.7 Å². The minimum Gasteiger partial charge on any atom is -0.491 e. The Balaban J connectivity index is 1.71. The van der Waals surface area contributed by atoms with Crippen molar-refractivity contribution in [2.45, 2.75) is 32.7 Å². The molecule has 0 aliphatic carbocycles. The molecule has 0 bridgehead atoms. The Bertz CT molecular complexity index is 864. The molecule has 0 spiro atoms. The van der Waals surface area contributed by atoms with Crippen molar-refractivity contribution in [3.8, 4) is 5.75 Å². The van der Waals surface area contributed by atoms with Gasteiger partial charge in [0.25, 0.3) is 0 Å². The maximum Gasteiger partial charge on any atom is 0.224 e. The molecular formula is C19H24N6O3. The van der Waals surface area contributed by atoms with E-state index in [9.17, 15) is 9.59 Å². The number of nitrogens with one attached hydrogen (secondary N) is 1. The summed E-state index contributed by atoms with van der Waals surface area (Å²) in [5.74, 6) is 0.539. The predicted molar refractivity (Wildman–Crippen MR) is 104 cm³/mol. The minimum atomic E-state index is -0.386. The van der Waals surface area contributed by atoms with Gasteiger partial charge in [-0.15, -0.1) is 0 Å². The number of pyridine rings is 1. The lowest BCUT2D eigenvalue weighted by molar-refractivity contribution is -0.129. The number of hydrogen-bond acceptors (Lipinski definition) is 8. The first kappa shape index (κ1) is 19.5. The lowest BCUT2D eigenvalue weighted by Crippen LogP contribution is -2.41. The van der Waals surface area contributed by atoms with Gasteiger partial charge in [0.05, 0.1) is 12.2 Å². The second kappa shape index (κ2) is 8.64. The van der Waals surface area contributed by atoms with Crippen LogP contribution < -0.4 is 15.8 Å². The van der Waals surface area contributed by atoms with Gasteiger partial charge in [0.1, 0.15) is 11.6 Å². The maximum atomic E-state index is 12.8. The Labute approximate surface area is 163 Å². The van der Waals surface area contributed by atoms with E-state index >= 15 is 0 Å². The van der Waals surface area contributed by atoms with Gasteiger partial charge in [-0.25, -0.2) is 9.97 Å². The molecule has 1 fully saturated rings. The molecule has 0 saturated carbocycles.